The van der Waals surface area contributed by atoms with E-state index in [1.165, 1.54) is 42.1 Å². The number of benzene rings is 4. The third-order valence-corrected chi connectivity index (χ3v) is 7.88. The van der Waals surface area contributed by atoms with Crippen molar-refractivity contribution >= 4 is 56.3 Å². The summed E-state index contributed by atoms with van der Waals surface area (Å²) in [6.45, 7) is 0. The minimum absolute atomic E-state index is 0.0345. The summed E-state index contributed by atoms with van der Waals surface area (Å²) in [6.07, 6.45) is 0. The molecule has 0 aliphatic rings. The fraction of sp³-hybridized carbons (Fsp3) is 0. The molecular weight excluding hydrogens is 272 g/mol. The monoisotopic (exact) mass is 288 g/mol. The average Bonchev–Trinajstić information content (AvgIpc) is 2.52. The zero-order chi connectivity index (χ0) is 13.5. The van der Waals surface area contributed by atoms with Gasteiger partial charge in [0.2, 0.25) is 0 Å². The van der Waals surface area contributed by atoms with E-state index in [-0.39, 0.29) is 9.04 Å². The molecule has 2 heteroatoms. The van der Waals surface area contributed by atoms with Gasteiger partial charge in [-0.1, -0.05) is 59.8 Å². The molecule has 0 saturated heterocycles. The van der Waals surface area contributed by atoms with E-state index < -0.39 is 0 Å². The van der Waals surface area contributed by atoms with Gasteiger partial charge in [0.05, 0.1) is 0 Å². The number of hydrogen-bond donors (Lipinski definition) is 0. The molecule has 0 atom stereocenters. The van der Waals surface area contributed by atoms with Gasteiger partial charge in [-0.2, -0.15) is 0 Å². The van der Waals surface area contributed by atoms with Crippen molar-refractivity contribution in [1.82, 2.24) is 0 Å². The van der Waals surface area contributed by atoms with Crippen molar-refractivity contribution in [3.05, 3.63) is 66.7 Å². The maximum absolute atomic E-state index is 2.44. The van der Waals surface area contributed by atoms with E-state index in [1.807, 2.05) is 0 Å². The molecule has 0 bridgehead atoms. The van der Waals surface area contributed by atoms with Crippen molar-refractivity contribution in [2.24, 2.45) is 0 Å². The van der Waals surface area contributed by atoms with Crippen molar-refractivity contribution in [1.29, 1.82) is 0 Å². The van der Waals surface area contributed by atoms with Crippen LogP contribution in [0.4, 0.5) is 0 Å². The third kappa shape index (κ3) is 1.80. The van der Waals surface area contributed by atoms with E-state index in [4.69, 9.17) is 0 Å². The third-order valence-electron chi connectivity index (χ3n) is 4.18. The van der Waals surface area contributed by atoms with Crippen LogP contribution in [0.25, 0.3) is 32.3 Å². The molecule has 0 aliphatic heterocycles. The van der Waals surface area contributed by atoms with Crippen molar-refractivity contribution in [2.75, 3.05) is 0 Å². The summed E-state index contributed by atoms with van der Waals surface area (Å²) in [5, 5.41) is 9.80. The molecule has 4 aromatic rings. The Bertz CT molecular complexity index is 942. The van der Waals surface area contributed by atoms with Gasteiger partial charge in [-0.15, -0.1) is 0 Å². The number of hydrogen-bond acceptors (Lipinski definition) is 0. The molecule has 4 aromatic carbocycles. The largest absolute Gasteiger partial charge is 0.0698 e. The quantitative estimate of drug-likeness (QED) is 0.286. The van der Waals surface area contributed by atoms with Crippen LogP contribution in [0.1, 0.15) is 0 Å². The second-order valence-corrected chi connectivity index (χ2v) is 9.04. The SMILES string of the molecule is [SiH3][SiH2]c1ccc2ccc3cc4ccccc4cc3c2c1. The smallest absolute Gasteiger partial charge is 0.0384 e. The van der Waals surface area contributed by atoms with Crippen LogP contribution < -0.4 is 5.19 Å². The lowest BCUT2D eigenvalue weighted by Crippen LogP contribution is -2.12. The van der Waals surface area contributed by atoms with Crippen LogP contribution in [0.5, 0.6) is 0 Å². The molecule has 0 N–H and O–H groups in total. The Kier molecular flexibility index (Phi) is 2.72. The van der Waals surface area contributed by atoms with E-state index in [9.17, 15) is 0 Å². The minimum atomic E-state index is 0.0345. The predicted octanol–water partition coefficient (Wildman–Crippen LogP) is 2.22. The van der Waals surface area contributed by atoms with E-state index in [2.05, 4.69) is 66.7 Å². The molecule has 0 nitrogen and oxygen atoms in total. The van der Waals surface area contributed by atoms with Gasteiger partial charge in [-0.25, -0.2) is 0 Å². The molecule has 0 heterocycles. The van der Waals surface area contributed by atoms with Gasteiger partial charge in [0.15, 0.2) is 0 Å². The summed E-state index contributed by atoms with van der Waals surface area (Å²) in [5.41, 5.74) is 0. The second kappa shape index (κ2) is 4.58. The second-order valence-electron chi connectivity index (χ2n) is 5.40. The maximum Gasteiger partial charge on any atom is 0.0384 e. The number of fused-ring (bicyclic) bond motifs is 4. The molecule has 0 aromatic heterocycles. The molecule has 0 spiro atoms. The van der Waals surface area contributed by atoms with Gasteiger partial charge in [0.25, 0.3) is 0 Å². The summed E-state index contributed by atoms with van der Waals surface area (Å²) in [5.74, 6) is 0. The van der Waals surface area contributed by atoms with Crippen LogP contribution in [0.3, 0.4) is 0 Å². The highest BCUT2D eigenvalue weighted by Gasteiger charge is 2.03. The summed E-state index contributed by atoms with van der Waals surface area (Å²) in [7, 11) is 1.39. The lowest BCUT2D eigenvalue weighted by molar-refractivity contribution is 1.79. The van der Waals surface area contributed by atoms with E-state index in [1.54, 1.807) is 5.19 Å². The molecule has 0 amide bonds. The van der Waals surface area contributed by atoms with Crippen molar-refractivity contribution in [3.8, 4) is 0 Å². The van der Waals surface area contributed by atoms with Crippen LogP contribution in [0, 0.1) is 0 Å². The molecule has 0 saturated carbocycles. The fourth-order valence-corrected chi connectivity index (χ4v) is 5.09. The molecule has 0 unspecified atom stereocenters. The normalized spacial score (nSPS) is 12.2. The Morgan fingerprint density at radius 2 is 1.25 bits per heavy atom. The van der Waals surface area contributed by atoms with E-state index >= 15 is 0 Å². The minimum Gasteiger partial charge on any atom is -0.0698 e. The highest BCUT2D eigenvalue weighted by molar-refractivity contribution is 6.97. The highest BCUT2D eigenvalue weighted by atomic mass is 29.1. The molecule has 0 fully saturated rings. The first-order valence-electron chi connectivity index (χ1n) is 7.19. The van der Waals surface area contributed by atoms with Gasteiger partial charge in [0, 0.05) is 9.04 Å². The topological polar surface area (TPSA) is 0 Å². The fourth-order valence-electron chi connectivity index (χ4n) is 3.01. The van der Waals surface area contributed by atoms with Crippen LogP contribution in [-0.4, -0.2) is 18.8 Å². The Morgan fingerprint density at radius 3 is 2.05 bits per heavy atom. The summed E-state index contributed by atoms with van der Waals surface area (Å²) in [6, 6.07) is 24.9. The molecular formula is C18H16Si2. The first-order valence-corrected chi connectivity index (χ1v) is 13.6. The van der Waals surface area contributed by atoms with Gasteiger partial charge in [-0.3, -0.25) is 0 Å². The average molecular weight is 288 g/mol. The van der Waals surface area contributed by atoms with E-state index in [0.29, 0.717) is 0 Å². The maximum atomic E-state index is 2.44. The van der Waals surface area contributed by atoms with E-state index in [0.717, 1.165) is 0 Å². The zero-order valence-electron chi connectivity index (χ0n) is 11.6. The Labute approximate surface area is 123 Å². The van der Waals surface area contributed by atoms with Gasteiger partial charge < -0.3 is 0 Å². The number of rotatable bonds is 1. The lowest BCUT2D eigenvalue weighted by Gasteiger charge is -2.08. The Balaban J connectivity index is 2.18. The predicted molar refractivity (Wildman–Crippen MR) is 97.1 cm³/mol. The van der Waals surface area contributed by atoms with Crippen molar-refractivity contribution < 1.29 is 0 Å². The highest BCUT2D eigenvalue weighted by Crippen LogP contribution is 2.28. The van der Waals surface area contributed by atoms with Crippen LogP contribution in [0.15, 0.2) is 66.7 Å². The molecule has 0 aliphatic carbocycles. The summed E-state index contributed by atoms with van der Waals surface area (Å²) >= 11 is 0. The van der Waals surface area contributed by atoms with Crippen molar-refractivity contribution in [2.45, 2.75) is 0 Å². The van der Waals surface area contributed by atoms with Gasteiger partial charge in [0.1, 0.15) is 0 Å². The molecule has 96 valence electrons. The summed E-state index contributed by atoms with van der Waals surface area (Å²) in [4.78, 5) is 0. The lowest BCUT2D eigenvalue weighted by atomic mass is 9.98. The zero-order valence-corrected chi connectivity index (χ0v) is 15.0. The van der Waals surface area contributed by atoms with Crippen LogP contribution in [0.2, 0.25) is 0 Å². The van der Waals surface area contributed by atoms with Crippen LogP contribution in [-0.2, 0) is 0 Å². The van der Waals surface area contributed by atoms with Crippen LogP contribution >= 0.6 is 0 Å². The first kappa shape index (κ1) is 11.9. The summed E-state index contributed by atoms with van der Waals surface area (Å²) < 4.78 is 0. The van der Waals surface area contributed by atoms with Gasteiger partial charge in [-0.05, 0) is 54.2 Å². The van der Waals surface area contributed by atoms with Gasteiger partial charge >= 0.3 is 0 Å². The molecule has 0 radical (unpaired) electrons. The Hall–Kier alpha value is -1.91. The molecule has 4 rings (SSSR count). The Morgan fingerprint density at radius 1 is 0.600 bits per heavy atom. The van der Waals surface area contributed by atoms with Crippen molar-refractivity contribution in [3.63, 3.8) is 0 Å². The molecule has 20 heavy (non-hydrogen) atoms. The standard InChI is InChI=1S/C18H16Si2/c19-20-16-8-7-12-5-6-15-9-13-3-1-2-4-14(13)10-17(15)18(12)11-16/h1-11H,20H2,19H3. The first-order chi connectivity index (χ1) is 9.85.